The lowest BCUT2D eigenvalue weighted by Gasteiger charge is -2.18. The first-order valence-electron chi connectivity index (χ1n) is 4.81. The summed E-state index contributed by atoms with van der Waals surface area (Å²) in [6, 6.07) is 0. The van der Waals surface area contributed by atoms with E-state index in [9.17, 15) is 9.59 Å². The maximum Gasteiger partial charge on any atom is 0.330 e. The van der Waals surface area contributed by atoms with Gasteiger partial charge in [0.05, 0.1) is 7.11 Å². The molecule has 0 unspecified atom stereocenters. The summed E-state index contributed by atoms with van der Waals surface area (Å²) in [7, 11) is 1.28. The van der Waals surface area contributed by atoms with E-state index in [0.29, 0.717) is 12.1 Å². The molecule has 0 aromatic rings. The summed E-state index contributed by atoms with van der Waals surface area (Å²) < 4.78 is 4.42. The van der Waals surface area contributed by atoms with Crippen LogP contribution in [-0.4, -0.2) is 25.5 Å². The van der Waals surface area contributed by atoms with Gasteiger partial charge in [0.15, 0.2) is 0 Å². The number of rotatable bonds is 3. The van der Waals surface area contributed by atoms with Gasteiger partial charge in [0.25, 0.3) is 0 Å². The van der Waals surface area contributed by atoms with Crippen LogP contribution in [0.5, 0.6) is 0 Å². The van der Waals surface area contributed by atoms with E-state index < -0.39 is 5.97 Å². The Bertz CT molecular complexity index is 274. The maximum atomic E-state index is 11.5. The molecule has 0 radical (unpaired) electrons. The van der Waals surface area contributed by atoms with E-state index in [4.69, 9.17) is 0 Å². The number of methoxy groups -OCH3 is 1. The standard InChI is InChI=1S/C11H19NO3/c1-8(6-9(13)15-5)10(14)12-7-11(2,3)4/h6H,7H2,1-5H3,(H,12,14)/b8-6+. The number of esters is 1. The molecule has 0 saturated carbocycles. The highest BCUT2D eigenvalue weighted by Crippen LogP contribution is 2.10. The van der Waals surface area contributed by atoms with E-state index in [2.05, 4.69) is 10.1 Å². The van der Waals surface area contributed by atoms with Gasteiger partial charge >= 0.3 is 5.97 Å². The second-order valence-corrected chi connectivity index (χ2v) is 4.59. The third kappa shape index (κ3) is 6.71. The molecule has 0 aliphatic heterocycles. The van der Waals surface area contributed by atoms with E-state index >= 15 is 0 Å². The molecule has 4 heteroatoms. The molecule has 15 heavy (non-hydrogen) atoms. The number of carbonyl (C=O) groups excluding carboxylic acids is 2. The molecule has 0 aliphatic carbocycles. The normalized spacial score (nSPS) is 12.2. The van der Waals surface area contributed by atoms with Crippen LogP contribution >= 0.6 is 0 Å². The largest absolute Gasteiger partial charge is 0.466 e. The predicted molar refractivity (Wildman–Crippen MR) is 58.2 cm³/mol. The SMILES string of the molecule is COC(=O)/C=C(\C)C(=O)NCC(C)(C)C. The quantitative estimate of drug-likeness (QED) is 0.567. The fourth-order valence-electron chi connectivity index (χ4n) is 0.786. The monoisotopic (exact) mass is 213 g/mol. The number of hydrogen-bond acceptors (Lipinski definition) is 3. The van der Waals surface area contributed by atoms with Crippen molar-refractivity contribution in [2.24, 2.45) is 5.41 Å². The molecule has 4 nitrogen and oxygen atoms in total. The Morgan fingerprint density at radius 1 is 1.33 bits per heavy atom. The summed E-state index contributed by atoms with van der Waals surface area (Å²) >= 11 is 0. The average Bonchev–Trinajstić information content (AvgIpc) is 2.12. The first kappa shape index (κ1) is 13.7. The third-order valence-corrected chi connectivity index (χ3v) is 1.67. The van der Waals surface area contributed by atoms with Crippen LogP contribution in [0, 0.1) is 5.41 Å². The van der Waals surface area contributed by atoms with Gasteiger partial charge in [-0.2, -0.15) is 0 Å². The summed E-state index contributed by atoms with van der Waals surface area (Å²) in [6.07, 6.45) is 1.18. The number of amides is 1. The van der Waals surface area contributed by atoms with E-state index in [1.54, 1.807) is 6.92 Å². The van der Waals surface area contributed by atoms with Crippen LogP contribution < -0.4 is 5.32 Å². The van der Waals surface area contributed by atoms with Crippen molar-refractivity contribution >= 4 is 11.9 Å². The Morgan fingerprint density at radius 2 is 1.87 bits per heavy atom. The van der Waals surface area contributed by atoms with Crippen LogP contribution in [0.2, 0.25) is 0 Å². The summed E-state index contributed by atoms with van der Waals surface area (Å²) in [5.74, 6) is -0.756. The van der Waals surface area contributed by atoms with Crippen LogP contribution in [0.15, 0.2) is 11.6 Å². The number of ether oxygens (including phenoxy) is 1. The summed E-state index contributed by atoms with van der Waals surface area (Å²) in [4.78, 5) is 22.3. The maximum absolute atomic E-state index is 11.5. The predicted octanol–water partition coefficient (Wildman–Crippen LogP) is 1.27. The minimum Gasteiger partial charge on any atom is -0.466 e. The Morgan fingerprint density at radius 3 is 2.27 bits per heavy atom. The fourth-order valence-corrected chi connectivity index (χ4v) is 0.786. The highest BCUT2D eigenvalue weighted by atomic mass is 16.5. The van der Waals surface area contributed by atoms with Crippen molar-refractivity contribution in [1.29, 1.82) is 0 Å². The Hall–Kier alpha value is -1.32. The zero-order chi connectivity index (χ0) is 12.1. The van der Waals surface area contributed by atoms with Crippen molar-refractivity contribution in [1.82, 2.24) is 5.32 Å². The van der Waals surface area contributed by atoms with Crippen molar-refractivity contribution in [3.05, 3.63) is 11.6 Å². The van der Waals surface area contributed by atoms with Crippen molar-refractivity contribution in [3.63, 3.8) is 0 Å². The van der Waals surface area contributed by atoms with Crippen LogP contribution in [-0.2, 0) is 14.3 Å². The minimum absolute atomic E-state index is 0.0290. The smallest absolute Gasteiger partial charge is 0.330 e. The molecule has 0 fully saturated rings. The molecule has 0 spiro atoms. The molecular formula is C11H19NO3. The van der Waals surface area contributed by atoms with E-state index in [1.165, 1.54) is 13.2 Å². The van der Waals surface area contributed by atoms with Gasteiger partial charge in [-0.3, -0.25) is 4.79 Å². The second kappa shape index (κ2) is 5.53. The average molecular weight is 213 g/mol. The van der Waals surface area contributed by atoms with E-state index in [-0.39, 0.29) is 11.3 Å². The van der Waals surface area contributed by atoms with Gasteiger partial charge in [0.2, 0.25) is 5.91 Å². The molecule has 0 atom stereocenters. The summed E-state index contributed by atoms with van der Waals surface area (Å²) in [5, 5.41) is 2.74. The number of nitrogens with one attached hydrogen (secondary N) is 1. The first-order valence-corrected chi connectivity index (χ1v) is 4.81. The van der Waals surface area contributed by atoms with E-state index in [0.717, 1.165) is 0 Å². The number of carbonyl (C=O) groups is 2. The van der Waals surface area contributed by atoms with Crippen molar-refractivity contribution < 1.29 is 14.3 Å². The Labute approximate surface area is 90.7 Å². The van der Waals surface area contributed by atoms with Crippen molar-refractivity contribution in [2.75, 3.05) is 13.7 Å². The summed E-state index contributed by atoms with van der Waals surface area (Å²) in [5.41, 5.74) is 0.382. The van der Waals surface area contributed by atoms with Crippen LogP contribution in [0.1, 0.15) is 27.7 Å². The molecular weight excluding hydrogens is 194 g/mol. The van der Waals surface area contributed by atoms with Gasteiger partial charge in [-0.1, -0.05) is 20.8 Å². The van der Waals surface area contributed by atoms with Gasteiger partial charge in [-0.15, -0.1) is 0 Å². The third-order valence-electron chi connectivity index (χ3n) is 1.67. The molecule has 0 aromatic heterocycles. The highest BCUT2D eigenvalue weighted by Gasteiger charge is 2.13. The lowest BCUT2D eigenvalue weighted by molar-refractivity contribution is -0.135. The zero-order valence-corrected chi connectivity index (χ0v) is 10.0. The molecule has 0 rings (SSSR count). The van der Waals surface area contributed by atoms with Gasteiger partial charge in [-0.25, -0.2) is 4.79 Å². The van der Waals surface area contributed by atoms with Gasteiger partial charge < -0.3 is 10.1 Å². The summed E-state index contributed by atoms with van der Waals surface area (Å²) in [6.45, 7) is 8.21. The lowest BCUT2D eigenvalue weighted by atomic mass is 9.97. The molecule has 1 amide bonds. The van der Waals surface area contributed by atoms with Gasteiger partial charge in [0, 0.05) is 18.2 Å². The molecule has 0 bridgehead atoms. The fraction of sp³-hybridized carbons (Fsp3) is 0.636. The number of hydrogen-bond donors (Lipinski definition) is 1. The molecule has 86 valence electrons. The van der Waals surface area contributed by atoms with Crippen molar-refractivity contribution in [2.45, 2.75) is 27.7 Å². The molecule has 0 heterocycles. The van der Waals surface area contributed by atoms with E-state index in [1.807, 2.05) is 20.8 Å². The van der Waals surface area contributed by atoms with Gasteiger partial charge in [-0.05, 0) is 12.3 Å². The topological polar surface area (TPSA) is 55.4 Å². The Balaban J connectivity index is 4.23. The van der Waals surface area contributed by atoms with Crippen molar-refractivity contribution in [3.8, 4) is 0 Å². The molecule has 0 saturated heterocycles. The lowest BCUT2D eigenvalue weighted by Crippen LogP contribution is -2.32. The first-order chi connectivity index (χ1) is 6.76. The molecule has 0 aliphatic rings. The van der Waals surface area contributed by atoms with Crippen LogP contribution in [0.4, 0.5) is 0 Å². The Kier molecular flexibility index (Phi) is 5.05. The van der Waals surface area contributed by atoms with Gasteiger partial charge in [0.1, 0.15) is 0 Å². The molecule has 1 N–H and O–H groups in total. The highest BCUT2D eigenvalue weighted by molar-refractivity contribution is 5.98. The zero-order valence-electron chi connectivity index (χ0n) is 10.0. The van der Waals surface area contributed by atoms with Crippen LogP contribution in [0.25, 0.3) is 0 Å². The second-order valence-electron chi connectivity index (χ2n) is 4.59. The van der Waals surface area contributed by atoms with Crippen LogP contribution in [0.3, 0.4) is 0 Å². The minimum atomic E-state index is -0.515. The molecule has 0 aromatic carbocycles.